The predicted octanol–water partition coefficient (Wildman–Crippen LogP) is 2.38. The summed E-state index contributed by atoms with van der Waals surface area (Å²) in [5.41, 5.74) is 1.21. The number of rotatable bonds is 4. The van der Waals surface area contributed by atoms with Gasteiger partial charge in [0.1, 0.15) is 5.60 Å². The lowest BCUT2D eigenvalue weighted by Gasteiger charge is -2.36. The molecule has 0 aliphatic heterocycles. The van der Waals surface area contributed by atoms with E-state index in [1.807, 2.05) is 18.2 Å². The monoisotopic (exact) mass is 345 g/mol. The fourth-order valence-corrected chi connectivity index (χ4v) is 4.31. The molecule has 1 fully saturated rings. The fourth-order valence-electron chi connectivity index (χ4n) is 4.31. The molecule has 0 saturated heterocycles. The number of hydrogen-bond acceptors (Lipinski definition) is 3. The van der Waals surface area contributed by atoms with E-state index in [9.17, 15) is 9.90 Å². The summed E-state index contributed by atoms with van der Waals surface area (Å²) in [4.78, 5) is 14.6. The number of aryl methyl sites for hydroxylation is 1. The topological polar surface area (TPSA) is 64.6 Å². The van der Waals surface area contributed by atoms with E-state index in [1.54, 1.807) is 0 Å². The molecule has 3 atom stereocenters. The van der Waals surface area contributed by atoms with Crippen LogP contribution in [0.15, 0.2) is 24.3 Å². The van der Waals surface area contributed by atoms with Gasteiger partial charge in [0.15, 0.2) is 0 Å². The average molecular weight is 345 g/mol. The van der Waals surface area contributed by atoms with Gasteiger partial charge in [-0.1, -0.05) is 24.3 Å². The Balaban J connectivity index is 1.54. The lowest BCUT2D eigenvalue weighted by Crippen LogP contribution is -2.50. The van der Waals surface area contributed by atoms with Crippen molar-refractivity contribution in [2.24, 2.45) is 0 Å². The second-order valence-electron chi connectivity index (χ2n) is 7.85. The summed E-state index contributed by atoms with van der Waals surface area (Å²) in [5.74, 6) is 0. The van der Waals surface area contributed by atoms with Gasteiger partial charge in [-0.2, -0.15) is 0 Å². The molecule has 3 N–H and O–H groups in total. The third-order valence-electron chi connectivity index (χ3n) is 5.81. The Morgan fingerprint density at radius 2 is 2.08 bits per heavy atom. The summed E-state index contributed by atoms with van der Waals surface area (Å²) < 4.78 is 0. The molecule has 25 heavy (non-hydrogen) atoms. The normalized spacial score (nSPS) is 29.1. The molecule has 1 aromatic rings. The number of nitrogens with one attached hydrogen (secondary N) is 2. The van der Waals surface area contributed by atoms with E-state index in [1.165, 1.54) is 12.0 Å². The molecule has 5 nitrogen and oxygen atoms in total. The van der Waals surface area contributed by atoms with Crippen LogP contribution in [0.3, 0.4) is 0 Å². The summed E-state index contributed by atoms with van der Waals surface area (Å²) >= 11 is 0. The minimum absolute atomic E-state index is 0.166. The number of benzene rings is 1. The maximum absolute atomic E-state index is 12.3. The minimum atomic E-state index is -0.953. The number of carbonyl (C=O) groups is 1. The number of carbonyl (C=O) groups excluding carboxylic acids is 1. The number of urea groups is 1. The van der Waals surface area contributed by atoms with Gasteiger partial charge in [-0.05, 0) is 70.2 Å². The first-order chi connectivity index (χ1) is 12.0. The first-order valence-electron chi connectivity index (χ1n) is 9.49. The van der Waals surface area contributed by atoms with E-state index in [0.717, 1.165) is 37.7 Å². The van der Waals surface area contributed by atoms with Crippen LogP contribution >= 0.6 is 0 Å². The number of aliphatic hydroxyl groups is 1. The van der Waals surface area contributed by atoms with E-state index in [4.69, 9.17) is 0 Å². The van der Waals surface area contributed by atoms with Gasteiger partial charge in [0, 0.05) is 12.1 Å². The highest BCUT2D eigenvalue weighted by molar-refractivity contribution is 5.74. The van der Waals surface area contributed by atoms with Crippen molar-refractivity contribution in [3.8, 4) is 0 Å². The van der Waals surface area contributed by atoms with Crippen molar-refractivity contribution < 1.29 is 9.90 Å². The predicted molar refractivity (Wildman–Crippen MR) is 99.5 cm³/mol. The maximum Gasteiger partial charge on any atom is 0.315 e. The molecule has 0 radical (unpaired) electrons. The van der Waals surface area contributed by atoms with Crippen LogP contribution in [0, 0.1) is 0 Å². The highest BCUT2D eigenvalue weighted by Gasteiger charge is 2.34. The van der Waals surface area contributed by atoms with E-state index in [2.05, 4.69) is 35.7 Å². The van der Waals surface area contributed by atoms with Crippen molar-refractivity contribution in [2.75, 3.05) is 20.6 Å². The molecule has 1 aromatic carbocycles. The van der Waals surface area contributed by atoms with Gasteiger partial charge >= 0.3 is 6.03 Å². The molecule has 138 valence electrons. The van der Waals surface area contributed by atoms with Crippen molar-refractivity contribution in [3.05, 3.63) is 35.4 Å². The van der Waals surface area contributed by atoms with Crippen LogP contribution in [0.1, 0.15) is 49.7 Å². The van der Waals surface area contributed by atoms with Gasteiger partial charge in [0.25, 0.3) is 0 Å². The maximum atomic E-state index is 12.3. The average Bonchev–Trinajstić information content (AvgIpc) is 2.61. The molecule has 1 saturated carbocycles. The summed E-state index contributed by atoms with van der Waals surface area (Å²) in [6.07, 6.45) is 7.01. The first-order valence-corrected chi connectivity index (χ1v) is 9.49. The van der Waals surface area contributed by atoms with Crippen molar-refractivity contribution in [3.63, 3.8) is 0 Å². The van der Waals surface area contributed by atoms with Crippen LogP contribution in [0.2, 0.25) is 0 Å². The zero-order valence-corrected chi connectivity index (χ0v) is 15.4. The van der Waals surface area contributed by atoms with Gasteiger partial charge in [-0.3, -0.25) is 0 Å². The molecule has 3 rings (SSSR count). The van der Waals surface area contributed by atoms with Crippen molar-refractivity contribution in [2.45, 2.75) is 62.6 Å². The third kappa shape index (κ3) is 4.33. The molecule has 0 aromatic heterocycles. The molecule has 2 aliphatic rings. The van der Waals surface area contributed by atoms with Gasteiger partial charge in [0.2, 0.25) is 0 Å². The van der Waals surface area contributed by atoms with Gasteiger partial charge in [-0.25, -0.2) is 4.79 Å². The van der Waals surface area contributed by atoms with Gasteiger partial charge in [0.05, 0.1) is 6.54 Å². The van der Waals surface area contributed by atoms with Crippen molar-refractivity contribution in [1.29, 1.82) is 0 Å². The summed E-state index contributed by atoms with van der Waals surface area (Å²) in [7, 11) is 4.20. The molecular weight excluding hydrogens is 314 g/mol. The van der Waals surface area contributed by atoms with E-state index >= 15 is 0 Å². The van der Waals surface area contributed by atoms with Crippen molar-refractivity contribution >= 4 is 6.03 Å². The summed E-state index contributed by atoms with van der Waals surface area (Å²) in [5, 5.41) is 17.1. The van der Waals surface area contributed by atoms with Gasteiger partial charge in [-0.15, -0.1) is 0 Å². The first kappa shape index (κ1) is 18.2. The highest BCUT2D eigenvalue weighted by Crippen LogP contribution is 2.34. The Hall–Kier alpha value is -1.59. The van der Waals surface area contributed by atoms with Crippen LogP contribution in [-0.2, 0) is 12.0 Å². The van der Waals surface area contributed by atoms with E-state index in [0.29, 0.717) is 12.5 Å². The number of nitrogens with zero attached hydrogens (tertiary/aromatic N) is 1. The van der Waals surface area contributed by atoms with Crippen LogP contribution in [-0.4, -0.2) is 48.8 Å². The zero-order valence-electron chi connectivity index (χ0n) is 15.4. The Kier molecular flexibility index (Phi) is 5.64. The molecule has 3 unspecified atom stereocenters. The highest BCUT2D eigenvalue weighted by atomic mass is 16.3. The lowest BCUT2D eigenvalue weighted by atomic mass is 9.79. The molecule has 2 aliphatic carbocycles. The molecule has 5 heteroatoms. The number of amides is 2. The van der Waals surface area contributed by atoms with Crippen LogP contribution < -0.4 is 10.6 Å². The molecule has 0 bridgehead atoms. The Morgan fingerprint density at radius 1 is 1.28 bits per heavy atom. The van der Waals surface area contributed by atoms with Crippen LogP contribution in [0.25, 0.3) is 0 Å². The van der Waals surface area contributed by atoms with E-state index in [-0.39, 0.29) is 18.6 Å². The standard InChI is InChI=1S/C20H31N3O2/c1-23(2)17-10-5-9-16(13-17)22-19(24)21-14-20(25)12-6-8-15-7-3-4-11-18(15)20/h3-4,7,11,16-17,25H,5-6,8-10,12-14H2,1-2H3,(H2,21,22,24). The number of hydrogen-bond donors (Lipinski definition) is 3. The summed E-state index contributed by atoms with van der Waals surface area (Å²) in [6, 6.07) is 8.61. The third-order valence-corrected chi connectivity index (χ3v) is 5.81. The van der Waals surface area contributed by atoms with Gasteiger partial charge < -0.3 is 20.6 Å². The van der Waals surface area contributed by atoms with Crippen molar-refractivity contribution in [1.82, 2.24) is 15.5 Å². The second-order valence-corrected chi connectivity index (χ2v) is 7.85. The molecule has 0 heterocycles. The van der Waals surface area contributed by atoms with E-state index < -0.39 is 5.60 Å². The molecule has 2 amide bonds. The van der Waals surface area contributed by atoms with Crippen LogP contribution in [0.5, 0.6) is 0 Å². The quantitative estimate of drug-likeness (QED) is 0.785. The summed E-state index contributed by atoms with van der Waals surface area (Å²) in [6.45, 7) is 0.264. The minimum Gasteiger partial charge on any atom is -0.383 e. The zero-order chi connectivity index (χ0) is 17.9. The molecule has 0 spiro atoms. The second kappa shape index (κ2) is 7.75. The molecular formula is C20H31N3O2. The SMILES string of the molecule is CN(C)C1CCCC(NC(=O)NCC2(O)CCCc3ccccc32)C1. The Labute approximate surface area is 150 Å². The Bertz CT molecular complexity index is 604. The number of fused-ring (bicyclic) bond motifs is 1. The lowest BCUT2D eigenvalue weighted by molar-refractivity contribution is 0.0215. The Morgan fingerprint density at radius 3 is 2.88 bits per heavy atom. The largest absolute Gasteiger partial charge is 0.383 e. The van der Waals surface area contributed by atoms with Crippen LogP contribution in [0.4, 0.5) is 4.79 Å². The smallest absolute Gasteiger partial charge is 0.315 e. The fraction of sp³-hybridized carbons (Fsp3) is 0.650.